The highest BCUT2D eigenvalue weighted by atomic mass is 14.3. The van der Waals surface area contributed by atoms with Gasteiger partial charge in [-0.2, -0.15) is 0 Å². The van der Waals surface area contributed by atoms with Crippen molar-refractivity contribution in [2.24, 2.45) is 5.92 Å². The molecule has 3 aromatic carbocycles. The van der Waals surface area contributed by atoms with Crippen LogP contribution in [0.5, 0.6) is 0 Å². The largest absolute Gasteiger partial charge is 0.0836 e. The lowest BCUT2D eigenvalue weighted by molar-refractivity contribution is 0.781. The Labute approximate surface area is 247 Å². The maximum absolute atomic E-state index is 2.52. The first-order chi connectivity index (χ1) is 20.8. The fraction of sp³-hybridized carbons (Fsp3) is 0.190. The topological polar surface area (TPSA) is 0 Å². The van der Waals surface area contributed by atoms with Crippen molar-refractivity contribution in [3.63, 3.8) is 0 Å². The third-order valence-corrected chi connectivity index (χ3v) is 10.2. The van der Waals surface area contributed by atoms with Gasteiger partial charge in [0.15, 0.2) is 0 Å². The first-order valence-corrected chi connectivity index (χ1v) is 15.8. The molecule has 1 atom stereocenters. The van der Waals surface area contributed by atoms with E-state index in [1.165, 1.54) is 76.2 Å². The number of allylic oxidation sites excluding steroid dienone is 13. The summed E-state index contributed by atoms with van der Waals surface area (Å²) in [5.74, 6) is 0.517. The molecule has 3 aromatic rings. The zero-order valence-corrected chi connectivity index (χ0v) is 24.0. The van der Waals surface area contributed by atoms with Crippen LogP contribution in [0.2, 0.25) is 0 Å². The van der Waals surface area contributed by atoms with Crippen LogP contribution in [0.4, 0.5) is 0 Å². The molecule has 202 valence electrons. The van der Waals surface area contributed by atoms with Crippen molar-refractivity contribution in [2.75, 3.05) is 0 Å². The Morgan fingerprint density at radius 3 is 2.33 bits per heavy atom. The fourth-order valence-electron chi connectivity index (χ4n) is 8.25. The summed E-state index contributed by atoms with van der Waals surface area (Å²) < 4.78 is 0. The van der Waals surface area contributed by atoms with Gasteiger partial charge in [0.1, 0.15) is 0 Å². The highest BCUT2D eigenvalue weighted by Gasteiger charge is 2.23. The predicted octanol–water partition coefficient (Wildman–Crippen LogP) is 7.58. The van der Waals surface area contributed by atoms with Crippen molar-refractivity contribution in [1.82, 2.24) is 0 Å². The molecule has 1 unspecified atom stereocenters. The molecule has 0 N–H and O–H groups in total. The molecule has 0 heterocycles. The summed E-state index contributed by atoms with van der Waals surface area (Å²) in [6, 6.07) is 16.0. The lowest BCUT2D eigenvalue weighted by atomic mass is 9.79. The summed E-state index contributed by atoms with van der Waals surface area (Å²) in [6.45, 7) is 0. The van der Waals surface area contributed by atoms with Crippen LogP contribution in [0.25, 0.3) is 51.3 Å². The molecule has 6 aliphatic rings. The van der Waals surface area contributed by atoms with Crippen molar-refractivity contribution >= 4 is 51.3 Å². The van der Waals surface area contributed by atoms with E-state index in [4.69, 9.17) is 0 Å². The molecule has 0 fully saturated rings. The van der Waals surface area contributed by atoms with E-state index in [1.807, 2.05) is 0 Å². The first kappa shape index (κ1) is 24.2. The molecule has 0 bridgehead atoms. The quantitative estimate of drug-likeness (QED) is 0.323. The number of hydrogen-bond acceptors (Lipinski definition) is 0. The van der Waals surface area contributed by atoms with E-state index in [-0.39, 0.29) is 0 Å². The average Bonchev–Trinajstić information content (AvgIpc) is 3.48. The van der Waals surface area contributed by atoms with Crippen molar-refractivity contribution in [3.8, 4) is 0 Å². The molecule has 0 amide bonds. The van der Waals surface area contributed by atoms with E-state index in [1.54, 1.807) is 5.57 Å². The zero-order valence-electron chi connectivity index (χ0n) is 24.0. The predicted molar refractivity (Wildman–Crippen MR) is 180 cm³/mol. The molecule has 42 heavy (non-hydrogen) atoms. The lowest BCUT2D eigenvalue weighted by Crippen LogP contribution is -2.34. The zero-order chi connectivity index (χ0) is 27.6. The van der Waals surface area contributed by atoms with E-state index in [0.717, 1.165) is 44.9 Å². The van der Waals surface area contributed by atoms with E-state index in [0.29, 0.717) is 5.92 Å². The highest BCUT2D eigenvalue weighted by Crippen LogP contribution is 2.38. The second kappa shape index (κ2) is 9.57. The standard InChI is InChI=1S/C42H34/c1-2-9-32-26-33(23-16-27(32)8-1)42-38-13-5-3-11-36(38)41(37-12-4-6-14-39(37)42)31-19-17-28(18-20-31)34-25-24-30-22-21-29-10-7-15-35(34)40(29)30/h1-3,5,7,9-17,19,21-23,26-27H,4,6,8,18,20,24-25H2. The minimum atomic E-state index is 0.517. The second-order valence-electron chi connectivity index (χ2n) is 12.5. The molecule has 0 aromatic heterocycles. The molecular weight excluding hydrogens is 504 g/mol. The van der Waals surface area contributed by atoms with Gasteiger partial charge in [0.05, 0.1) is 0 Å². The molecule has 6 aliphatic carbocycles. The summed E-state index contributed by atoms with van der Waals surface area (Å²) in [4.78, 5) is 0. The van der Waals surface area contributed by atoms with Crippen LogP contribution in [0.15, 0.2) is 108 Å². The maximum atomic E-state index is 2.52. The van der Waals surface area contributed by atoms with Crippen LogP contribution in [0.1, 0.15) is 61.6 Å². The van der Waals surface area contributed by atoms with E-state index < -0.39 is 0 Å². The molecule has 9 rings (SSSR count). The highest BCUT2D eigenvalue weighted by molar-refractivity contribution is 6.03. The second-order valence-corrected chi connectivity index (χ2v) is 12.5. The van der Waals surface area contributed by atoms with Crippen LogP contribution >= 0.6 is 0 Å². The van der Waals surface area contributed by atoms with E-state index in [2.05, 4.69) is 115 Å². The van der Waals surface area contributed by atoms with Crippen LogP contribution in [-0.2, 0) is 0 Å². The minimum absolute atomic E-state index is 0.517. The van der Waals surface area contributed by atoms with Crippen molar-refractivity contribution in [2.45, 2.75) is 44.9 Å². The van der Waals surface area contributed by atoms with Crippen LogP contribution in [0.3, 0.4) is 0 Å². The average molecular weight is 539 g/mol. The normalized spacial score (nSPS) is 21.5. The Balaban J connectivity index is 1.23. The Hall–Kier alpha value is -4.42. The molecule has 0 spiro atoms. The SMILES string of the molecule is C1=CCC2C=CC(c3c4c(c(C5=CC=C(C6=c7cccc8c7=C(C=C8)CC6)CC5)c5ccccc35)=CCCC=4)=CC2=C1. The third kappa shape index (κ3) is 3.68. The van der Waals surface area contributed by atoms with Crippen molar-refractivity contribution in [3.05, 3.63) is 146 Å². The third-order valence-electron chi connectivity index (χ3n) is 10.2. The molecule has 0 nitrogen and oxygen atoms in total. The number of hydrogen-bond donors (Lipinski definition) is 0. The van der Waals surface area contributed by atoms with Gasteiger partial charge in [-0.3, -0.25) is 0 Å². The van der Waals surface area contributed by atoms with Crippen LogP contribution in [0, 0.1) is 5.92 Å². The summed E-state index contributed by atoms with van der Waals surface area (Å²) in [5.41, 5.74) is 13.2. The Morgan fingerprint density at radius 2 is 1.48 bits per heavy atom. The minimum Gasteiger partial charge on any atom is -0.0836 e. The lowest BCUT2D eigenvalue weighted by Gasteiger charge is -2.25. The Kier molecular flexibility index (Phi) is 5.51. The molecule has 0 radical (unpaired) electrons. The Bertz CT molecular complexity index is 2200. The molecule has 0 aliphatic heterocycles. The van der Waals surface area contributed by atoms with Gasteiger partial charge >= 0.3 is 0 Å². The van der Waals surface area contributed by atoms with Gasteiger partial charge in [0.25, 0.3) is 0 Å². The van der Waals surface area contributed by atoms with Gasteiger partial charge in [-0.1, -0.05) is 115 Å². The monoisotopic (exact) mass is 538 g/mol. The summed E-state index contributed by atoms with van der Waals surface area (Å²) in [5, 5.41) is 8.62. The van der Waals surface area contributed by atoms with E-state index in [9.17, 15) is 0 Å². The van der Waals surface area contributed by atoms with Gasteiger partial charge in [0.2, 0.25) is 0 Å². The Morgan fingerprint density at radius 1 is 0.667 bits per heavy atom. The fourth-order valence-corrected chi connectivity index (χ4v) is 8.25. The number of rotatable bonds is 3. The number of fused-ring (bicyclic) bond motifs is 3. The summed E-state index contributed by atoms with van der Waals surface area (Å²) >= 11 is 0. The molecular formula is C42H34. The molecule has 0 saturated heterocycles. The van der Waals surface area contributed by atoms with Crippen LogP contribution < -0.4 is 20.9 Å². The van der Waals surface area contributed by atoms with Gasteiger partial charge < -0.3 is 0 Å². The van der Waals surface area contributed by atoms with Crippen molar-refractivity contribution in [1.29, 1.82) is 0 Å². The maximum Gasteiger partial charge on any atom is 0.00561 e. The van der Waals surface area contributed by atoms with Gasteiger partial charge in [0, 0.05) is 5.92 Å². The van der Waals surface area contributed by atoms with Crippen LogP contribution in [-0.4, -0.2) is 0 Å². The van der Waals surface area contributed by atoms with Gasteiger partial charge in [-0.15, -0.1) is 0 Å². The van der Waals surface area contributed by atoms with Gasteiger partial charge in [-0.05, 0) is 127 Å². The summed E-state index contributed by atoms with van der Waals surface area (Å²) in [6.07, 6.45) is 36.5. The number of benzene rings is 3. The summed E-state index contributed by atoms with van der Waals surface area (Å²) in [7, 11) is 0. The van der Waals surface area contributed by atoms with Gasteiger partial charge in [-0.25, -0.2) is 0 Å². The molecule has 0 saturated carbocycles. The van der Waals surface area contributed by atoms with Crippen molar-refractivity contribution < 1.29 is 0 Å². The smallest absolute Gasteiger partial charge is 0.00561 e. The first-order valence-electron chi connectivity index (χ1n) is 15.8. The molecule has 0 heteroatoms. The van der Waals surface area contributed by atoms with E-state index >= 15 is 0 Å².